The van der Waals surface area contributed by atoms with Crippen LogP contribution in [0, 0.1) is 19.8 Å². The Labute approximate surface area is 152 Å². The second-order valence-corrected chi connectivity index (χ2v) is 6.59. The van der Waals surface area contributed by atoms with Crippen molar-refractivity contribution in [3.8, 4) is 5.75 Å². The van der Waals surface area contributed by atoms with E-state index < -0.39 is 0 Å². The van der Waals surface area contributed by atoms with Crippen LogP contribution in [0.3, 0.4) is 0 Å². The van der Waals surface area contributed by atoms with Gasteiger partial charge in [-0.2, -0.15) is 0 Å². The van der Waals surface area contributed by atoms with Crippen LogP contribution in [0.2, 0.25) is 0 Å². The fourth-order valence-corrected chi connectivity index (χ4v) is 2.88. The molecular formula is C19H31ClN2O2. The molecule has 0 bridgehead atoms. The predicted molar refractivity (Wildman–Crippen MR) is 101 cm³/mol. The molecule has 1 amide bonds. The summed E-state index contributed by atoms with van der Waals surface area (Å²) in [5.41, 5.74) is 2.37. The van der Waals surface area contributed by atoms with Crippen molar-refractivity contribution >= 4 is 18.3 Å². The van der Waals surface area contributed by atoms with Crippen LogP contribution >= 0.6 is 12.4 Å². The van der Waals surface area contributed by atoms with Gasteiger partial charge in [-0.05, 0) is 75.7 Å². The molecule has 4 nitrogen and oxygen atoms in total. The zero-order valence-electron chi connectivity index (χ0n) is 14.9. The van der Waals surface area contributed by atoms with Gasteiger partial charge in [0.1, 0.15) is 5.75 Å². The normalized spacial score (nSPS) is 17.0. The number of amides is 1. The number of nitrogens with one attached hydrogen (secondary N) is 2. The summed E-state index contributed by atoms with van der Waals surface area (Å²) in [6.45, 7) is 7.75. The molecule has 1 aliphatic rings. The van der Waals surface area contributed by atoms with Gasteiger partial charge in [0.15, 0.2) is 0 Å². The third kappa shape index (κ3) is 7.54. The lowest BCUT2D eigenvalue weighted by atomic mass is 10.00. The van der Waals surface area contributed by atoms with Gasteiger partial charge in [-0.3, -0.25) is 4.79 Å². The Morgan fingerprint density at radius 2 is 2.17 bits per heavy atom. The number of hydrogen-bond acceptors (Lipinski definition) is 3. The Hall–Kier alpha value is -1.26. The van der Waals surface area contributed by atoms with Gasteiger partial charge in [0.25, 0.3) is 0 Å². The highest BCUT2D eigenvalue weighted by Crippen LogP contribution is 2.19. The van der Waals surface area contributed by atoms with Gasteiger partial charge in [0.05, 0.1) is 6.61 Å². The molecular weight excluding hydrogens is 324 g/mol. The molecule has 1 heterocycles. The van der Waals surface area contributed by atoms with Crippen molar-refractivity contribution in [2.45, 2.75) is 46.0 Å². The van der Waals surface area contributed by atoms with Crippen molar-refractivity contribution in [3.63, 3.8) is 0 Å². The molecule has 24 heavy (non-hydrogen) atoms. The summed E-state index contributed by atoms with van der Waals surface area (Å²) in [5, 5.41) is 6.43. The molecule has 0 radical (unpaired) electrons. The highest BCUT2D eigenvalue weighted by molar-refractivity contribution is 5.85. The Morgan fingerprint density at radius 1 is 1.33 bits per heavy atom. The van der Waals surface area contributed by atoms with Crippen molar-refractivity contribution in [3.05, 3.63) is 29.3 Å². The molecule has 1 aromatic rings. The van der Waals surface area contributed by atoms with E-state index in [9.17, 15) is 4.79 Å². The first-order valence-corrected chi connectivity index (χ1v) is 8.82. The van der Waals surface area contributed by atoms with Crippen molar-refractivity contribution in [1.29, 1.82) is 0 Å². The first-order chi connectivity index (χ1) is 11.1. The number of piperidine rings is 1. The number of unbranched alkanes of at least 4 members (excludes halogenated alkanes) is 1. The van der Waals surface area contributed by atoms with Crippen molar-refractivity contribution in [2.24, 2.45) is 5.92 Å². The lowest BCUT2D eigenvalue weighted by Crippen LogP contribution is -2.38. The molecule has 1 aliphatic heterocycles. The van der Waals surface area contributed by atoms with E-state index in [1.165, 1.54) is 18.4 Å². The van der Waals surface area contributed by atoms with Gasteiger partial charge in [0, 0.05) is 13.0 Å². The molecule has 1 atom stereocenters. The fourth-order valence-electron chi connectivity index (χ4n) is 2.88. The van der Waals surface area contributed by atoms with Crippen LogP contribution in [0.25, 0.3) is 0 Å². The quantitative estimate of drug-likeness (QED) is 0.703. The van der Waals surface area contributed by atoms with Crippen LogP contribution in [0.15, 0.2) is 18.2 Å². The molecule has 2 N–H and O–H groups in total. The van der Waals surface area contributed by atoms with Crippen molar-refractivity contribution in [1.82, 2.24) is 10.6 Å². The maximum atomic E-state index is 11.8. The Morgan fingerprint density at radius 3 is 2.92 bits per heavy atom. The third-order valence-corrected chi connectivity index (χ3v) is 4.39. The standard InChI is InChI=1S/C19H30N2O2.ClH/c1-15-8-9-16(2)18(12-15)23-11-4-3-7-19(22)21-14-17-6-5-10-20-13-17;/h8-9,12,17,20H,3-7,10-11,13-14H2,1-2H3,(H,21,22);1H. The number of rotatable bonds is 8. The van der Waals surface area contributed by atoms with Gasteiger partial charge in [-0.25, -0.2) is 0 Å². The van der Waals surface area contributed by atoms with Crippen molar-refractivity contribution < 1.29 is 9.53 Å². The zero-order chi connectivity index (χ0) is 16.5. The van der Waals surface area contributed by atoms with Gasteiger partial charge in [-0.1, -0.05) is 12.1 Å². The van der Waals surface area contributed by atoms with E-state index in [1.54, 1.807) is 0 Å². The van der Waals surface area contributed by atoms with Crippen LogP contribution < -0.4 is 15.4 Å². The van der Waals surface area contributed by atoms with E-state index in [1.807, 2.05) is 0 Å². The minimum absolute atomic E-state index is 0. The van der Waals surface area contributed by atoms with E-state index in [0.29, 0.717) is 18.9 Å². The fraction of sp³-hybridized carbons (Fsp3) is 0.632. The minimum Gasteiger partial charge on any atom is -0.493 e. The first kappa shape index (κ1) is 20.8. The van der Waals surface area contributed by atoms with Crippen LogP contribution in [-0.4, -0.2) is 32.1 Å². The number of hydrogen-bond donors (Lipinski definition) is 2. The molecule has 5 heteroatoms. The number of halogens is 1. The average molecular weight is 355 g/mol. The molecule has 1 fully saturated rings. The average Bonchev–Trinajstić information content (AvgIpc) is 2.56. The Kier molecular flexibility index (Phi) is 9.80. The monoisotopic (exact) mass is 354 g/mol. The molecule has 0 saturated carbocycles. The van der Waals surface area contributed by atoms with Crippen LogP contribution in [0.5, 0.6) is 5.75 Å². The summed E-state index contributed by atoms with van der Waals surface area (Å²) in [6.07, 6.45) is 4.81. The molecule has 136 valence electrons. The van der Waals surface area contributed by atoms with E-state index in [4.69, 9.17) is 4.74 Å². The van der Waals surface area contributed by atoms with E-state index >= 15 is 0 Å². The molecule has 1 unspecified atom stereocenters. The zero-order valence-corrected chi connectivity index (χ0v) is 15.7. The molecule has 0 aromatic heterocycles. The van der Waals surface area contributed by atoms with Crippen LogP contribution in [0.4, 0.5) is 0 Å². The highest BCUT2D eigenvalue weighted by Gasteiger charge is 2.13. The number of carbonyl (C=O) groups excluding carboxylic acids is 1. The number of aryl methyl sites for hydroxylation is 2. The minimum atomic E-state index is 0. The second-order valence-electron chi connectivity index (χ2n) is 6.59. The Bertz CT molecular complexity index is 502. The second kappa shape index (κ2) is 11.3. The summed E-state index contributed by atoms with van der Waals surface area (Å²) in [4.78, 5) is 11.8. The maximum Gasteiger partial charge on any atom is 0.220 e. The summed E-state index contributed by atoms with van der Waals surface area (Å²) in [7, 11) is 0. The largest absolute Gasteiger partial charge is 0.493 e. The molecule has 1 saturated heterocycles. The number of benzene rings is 1. The van der Waals surface area contributed by atoms with Crippen molar-refractivity contribution in [2.75, 3.05) is 26.2 Å². The first-order valence-electron chi connectivity index (χ1n) is 8.82. The predicted octanol–water partition coefficient (Wildman–Crippen LogP) is 3.39. The van der Waals surface area contributed by atoms with E-state index in [2.05, 4.69) is 42.7 Å². The van der Waals surface area contributed by atoms with Gasteiger partial charge in [-0.15, -0.1) is 12.4 Å². The molecule has 0 spiro atoms. The third-order valence-electron chi connectivity index (χ3n) is 4.39. The smallest absolute Gasteiger partial charge is 0.220 e. The van der Waals surface area contributed by atoms with Gasteiger partial charge < -0.3 is 15.4 Å². The lowest BCUT2D eigenvalue weighted by Gasteiger charge is -2.22. The SMILES string of the molecule is Cc1ccc(C)c(OCCCCC(=O)NCC2CCCNC2)c1.Cl. The molecule has 0 aliphatic carbocycles. The topological polar surface area (TPSA) is 50.4 Å². The van der Waals surface area contributed by atoms with E-state index in [0.717, 1.165) is 43.8 Å². The van der Waals surface area contributed by atoms with Gasteiger partial charge >= 0.3 is 0 Å². The van der Waals surface area contributed by atoms with Gasteiger partial charge in [0.2, 0.25) is 5.91 Å². The Balaban J connectivity index is 0.00000288. The summed E-state index contributed by atoms with van der Waals surface area (Å²) in [5.74, 6) is 1.72. The maximum absolute atomic E-state index is 11.8. The summed E-state index contributed by atoms with van der Waals surface area (Å²) >= 11 is 0. The highest BCUT2D eigenvalue weighted by atomic mass is 35.5. The molecule has 2 rings (SSSR count). The number of carbonyl (C=O) groups is 1. The van der Waals surface area contributed by atoms with Crippen LogP contribution in [-0.2, 0) is 4.79 Å². The summed E-state index contributed by atoms with van der Waals surface area (Å²) < 4.78 is 5.81. The lowest BCUT2D eigenvalue weighted by molar-refractivity contribution is -0.121. The number of ether oxygens (including phenoxy) is 1. The summed E-state index contributed by atoms with van der Waals surface area (Å²) in [6, 6.07) is 6.24. The van der Waals surface area contributed by atoms with E-state index in [-0.39, 0.29) is 18.3 Å². The van der Waals surface area contributed by atoms with Crippen LogP contribution in [0.1, 0.15) is 43.2 Å². The molecule has 1 aromatic carbocycles.